The molecule has 1 fully saturated rings. The second-order valence-electron chi connectivity index (χ2n) is 7.23. The molecule has 26 heavy (non-hydrogen) atoms. The summed E-state index contributed by atoms with van der Waals surface area (Å²) in [7, 11) is 3.83. The number of likely N-dealkylation sites (N-methyl/N-ethyl adjacent to an activating group) is 1. The molecule has 1 aliphatic rings. The Morgan fingerprint density at radius 3 is 2.85 bits per heavy atom. The molecule has 140 valence electrons. The van der Waals surface area contributed by atoms with Crippen LogP contribution in [0.4, 0.5) is 0 Å². The number of rotatable bonds is 4. The molecule has 1 atom stereocenters. The van der Waals surface area contributed by atoms with Gasteiger partial charge in [-0.1, -0.05) is 35.0 Å². The third-order valence-corrected chi connectivity index (χ3v) is 4.99. The molecule has 1 amide bonds. The summed E-state index contributed by atoms with van der Waals surface area (Å²) in [4.78, 5) is 16.8. The molecule has 0 bridgehead atoms. The highest BCUT2D eigenvalue weighted by Crippen LogP contribution is 2.33. The van der Waals surface area contributed by atoms with Crippen molar-refractivity contribution in [1.82, 2.24) is 15.0 Å². The molecule has 0 radical (unpaired) electrons. The monoisotopic (exact) mass is 377 g/mol. The summed E-state index contributed by atoms with van der Waals surface area (Å²) in [6.07, 6.45) is 1.43. The summed E-state index contributed by atoms with van der Waals surface area (Å²) in [5.74, 6) is 0.266. The minimum absolute atomic E-state index is 0.185. The maximum absolute atomic E-state index is 13.2. The van der Waals surface area contributed by atoms with E-state index in [-0.39, 0.29) is 12.5 Å². The third kappa shape index (κ3) is 3.77. The average Bonchev–Trinajstić information content (AvgIpc) is 2.95. The molecule has 1 aromatic carbocycles. The van der Waals surface area contributed by atoms with Gasteiger partial charge in [0.25, 0.3) is 5.91 Å². The van der Waals surface area contributed by atoms with Gasteiger partial charge in [-0.2, -0.15) is 0 Å². The van der Waals surface area contributed by atoms with Gasteiger partial charge < -0.3 is 19.4 Å². The number of carbonyl (C=O) groups excluding carboxylic acids is 1. The van der Waals surface area contributed by atoms with Gasteiger partial charge >= 0.3 is 0 Å². The number of nitrogens with zero attached hydrogens (tertiary/aromatic N) is 3. The minimum atomic E-state index is -0.910. The van der Waals surface area contributed by atoms with Gasteiger partial charge in [-0.15, -0.1) is 0 Å². The van der Waals surface area contributed by atoms with Crippen molar-refractivity contribution in [2.45, 2.75) is 25.4 Å². The smallest absolute Gasteiger partial charge is 0.259 e. The second-order valence-corrected chi connectivity index (χ2v) is 7.64. The molecule has 2 heterocycles. The van der Waals surface area contributed by atoms with Crippen LogP contribution in [0.1, 0.15) is 29.0 Å². The Balaban J connectivity index is 1.91. The van der Waals surface area contributed by atoms with E-state index < -0.39 is 5.60 Å². The number of aryl methyl sites for hydroxylation is 1. The Labute approximate surface area is 158 Å². The summed E-state index contributed by atoms with van der Waals surface area (Å²) in [5, 5.41) is 15.4. The van der Waals surface area contributed by atoms with Crippen molar-refractivity contribution in [3.05, 3.63) is 40.6 Å². The number of hydrogen-bond acceptors (Lipinski definition) is 5. The Hall–Kier alpha value is -1.89. The fourth-order valence-corrected chi connectivity index (χ4v) is 3.85. The summed E-state index contributed by atoms with van der Waals surface area (Å²) in [6.45, 7) is 3.12. The van der Waals surface area contributed by atoms with Crippen LogP contribution >= 0.6 is 11.6 Å². The maximum atomic E-state index is 13.2. The van der Waals surface area contributed by atoms with Crippen LogP contribution in [-0.4, -0.2) is 65.3 Å². The fraction of sp³-hybridized carbons (Fsp3) is 0.474. The molecule has 3 rings (SSSR count). The highest BCUT2D eigenvalue weighted by Gasteiger charge is 2.37. The third-order valence-electron chi connectivity index (χ3n) is 4.66. The molecule has 2 aromatic rings. The topological polar surface area (TPSA) is 69.8 Å². The normalized spacial score (nSPS) is 20.6. The highest BCUT2D eigenvalue weighted by molar-refractivity contribution is 6.33. The second kappa shape index (κ2) is 7.39. The zero-order valence-corrected chi connectivity index (χ0v) is 16.1. The number of amides is 1. The summed E-state index contributed by atoms with van der Waals surface area (Å²) < 4.78 is 5.31. The molecule has 0 unspecified atom stereocenters. The molecule has 1 N–H and O–H groups in total. The van der Waals surface area contributed by atoms with Gasteiger partial charge in [0.05, 0.1) is 17.2 Å². The molecular formula is C19H24ClN3O3. The van der Waals surface area contributed by atoms with Crippen LogP contribution in [0.5, 0.6) is 0 Å². The summed E-state index contributed by atoms with van der Waals surface area (Å²) in [6, 6.07) is 7.24. The number of carbonyl (C=O) groups is 1. The zero-order chi connectivity index (χ0) is 18.9. The number of aromatic nitrogens is 1. The van der Waals surface area contributed by atoms with Crippen LogP contribution < -0.4 is 0 Å². The quantitative estimate of drug-likeness (QED) is 0.887. The number of benzene rings is 1. The van der Waals surface area contributed by atoms with E-state index in [4.69, 9.17) is 16.1 Å². The lowest BCUT2D eigenvalue weighted by Gasteiger charge is -2.40. The molecule has 1 aromatic heterocycles. The molecule has 1 saturated heterocycles. The predicted octanol–water partition coefficient (Wildman–Crippen LogP) is 2.83. The number of likely N-dealkylation sites (tertiary alicyclic amines) is 1. The Morgan fingerprint density at radius 2 is 2.15 bits per heavy atom. The van der Waals surface area contributed by atoms with Gasteiger partial charge in [0.1, 0.15) is 17.0 Å². The van der Waals surface area contributed by atoms with Gasteiger partial charge in [0, 0.05) is 18.7 Å². The first-order chi connectivity index (χ1) is 12.3. The van der Waals surface area contributed by atoms with Crippen molar-refractivity contribution in [3.63, 3.8) is 0 Å². The zero-order valence-electron chi connectivity index (χ0n) is 15.3. The molecule has 0 spiro atoms. The molecule has 0 aliphatic carbocycles. The number of β-amino-alcohol motifs (C(OH)–C–C–N with tert-alkyl or cyclic N) is 1. The molecule has 7 heteroatoms. The van der Waals surface area contributed by atoms with E-state index in [1.165, 1.54) is 0 Å². The van der Waals surface area contributed by atoms with Crippen LogP contribution in [0.2, 0.25) is 5.02 Å². The SMILES string of the molecule is Cc1onc(-c2ccccc2Cl)c1C(=O)N1CCC[C@](O)(CN(C)C)C1. The van der Waals surface area contributed by atoms with Gasteiger partial charge in [0.15, 0.2) is 0 Å². The molecule has 0 saturated carbocycles. The van der Waals surface area contributed by atoms with E-state index in [0.717, 1.165) is 6.42 Å². The van der Waals surface area contributed by atoms with Gasteiger partial charge in [-0.05, 0) is 39.9 Å². The Bertz CT molecular complexity index is 805. The fourth-order valence-electron chi connectivity index (χ4n) is 3.62. The molecule has 1 aliphatic heterocycles. The number of hydrogen-bond donors (Lipinski definition) is 1. The Kier molecular flexibility index (Phi) is 5.37. The lowest BCUT2D eigenvalue weighted by molar-refractivity contribution is -0.0391. The predicted molar refractivity (Wildman–Crippen MR) is 100 cm³/mol. The van der Waals surface area contributed by atoms with Crippen molar-refractivity contribution in [2.75, 3.05) is 33.7 Å². The maximum Gasteiger partial charge on any atom is 0.259 e. The largest absolute Gasteiger partial charge is 0.387 e. The number of piperidine rings is 1. The summed E-state index contributed by atoms with van der Waals surface area (Å²) >= 11 is 6.28. The lowest BCUT2D eigenvalue weighted by atomic mass is 9.91. The van der Waals surface area contributed by atoms with Gasteiger partial charge in [-0.25, -0.2) is 0 Å². The van der Waals surface area contributed by atoms with Crippen LogP contribution in [0.15, 0.2) is 28.8 Å². The van der Waals surface area contributed by atoms with Gasteiger partial charge in [0.2, 0.25) is 0 Å². The highest BCUT2D eigenvalue weighted by atomic mass is 35.5. The van der Waals surface area contributed by atoms with Crippen molar-refractivity contribution in [3.8, 4) is 11.3 Å². The van der Waals surface area contributed by atoms with Crippen molar-refractivity contribution < 1.29 is 14.4 Å². The summed E-state index contributed by atoms with van der Waals surface area (Å²) in [5.41, 5.74) is 0.606. The van der Waals surface area contributed by atoms with E-state index in [0.29, 0.717) is 47.1 Å². The van der Waals surface area contributed by atoms with Crippen LogP contribution in [0.25, 0.3) is 11.3 Å². The van der Waals surface area contributed by atoms with Gasteiger partial charge in [-0.3, -0.25) is 4.79 Å². The van der Waals surface area contributed by atoms with E-state index in [1.807, 2.05) is 37.2 Å². The minimum Gasteiger partial charge on any atom is -0.387 e. The lowest BCUT2D eigenvalue weighted by Crippen LogP contribution is -2.54. The van der Waals surface area contributed by atoms with Crippen molar-refractivity contribution >= 4 is 17.5 Å². The number of halogens is 1. The first-order valence-corrected chi connectivity index (χ1v) is 9.06. The number of aliphatic hydroxyl groups is 1. The first kappa shape index (κ1) is 18.9. The van der Waals surface area contributed by atoms with Crippen LogP contribution in [0, 0.1) is 6.92 Å². The molecule has 6 nitrogen and oxygen atoms in total. The molecular weight excluding hydrogens is 354 g/mol. The van der Waals surface area contributed by atoms with Crippen molar-refractivity contribution in [1.29, 1.82) is 0 Å². The van der Waals surface area contributed by atoms with E-state index >= 15 is 0 Å². The van der Waals surface area contributed by atoms with E-state index in [9.17, 15) is 9.90 Å². The van der Waals surface area contributed by atoms with E-state index in [1.54, 1.807) is 17.9 Å². The van der Waals surface area contributed by atoms with Crippen LogP contribution in [-0.2, 0) is 0 Å². The Morgan fingerprint density at radius 1 is 1.42 bits per heavy atom. The first-order valence-electron chi connectivity index (χ1n) is 8.68. The van der Waals surface area contributed by atoms with Crippen LogP contribution in [0.3, 0.4) is 0 Å². The van der Waals surface area contributed by atoms with Crippen molar-refractivity contribution in [2.24, 2.45) is 0 Å². The standard InChI is InChI=1S/C19H24ClN3O3/c1-13-16(17(21-26-13)14-7-4-5-8-15(14)20)18(24)23-10-6-9-19(25,12-23)11-22(2)3/h4-5,7-8,25H,6,9-12H2,1-3H3/t19-/m0/s1. The van der Waals surface area contributed by atoms with E-state index in [2.05, 4.69) is 5.16 Å². The average molecular weight is 378 g/mol.